The molecule has 0 unspecified atom stereocenters. The van der Waals surface area contributed by atoms with E-state index in [-0.39, 0.29) is 17.2 Å². The Bertz CT molecular complexity index is 991. The summed E-state index contributed by atoms with van der Waals surface area (Å²) in [6.45, 7) is 1.14. The van der Waals surface area contributed by atoms with Crippen LogP contribution in [0.5, 0.6) is 11.5 Å². The number of anilines is 2. The summed E-state index contributed by atoms with van der Waals surface area (Å²) in [4.78, 5) is 10.7. The van der Waals surface area contributed by atoms with Crippen molar-refractivity contribution >= 4 is 27.3 Å². The lowest BCUT2D eigenvalue weighted by Gasteiger charge is -2.17. The molecule has 7 nitrogen and oxygen atoms in total. The first-order valence-corrected chi connectivity index (χ1v) is 9.20. The number of ether oxygens (including phenoxy) is 2. The first-order chi connectivity index (χ1) is 13.0. The van der Waals surface area contributed by atoms with Crippen LogP contribution in [0.4, 0.5) is 24.5 Å². The van der Waals surface area contributed by atoms with Crippen LogP contribution in [0, 0.1) is 0 Å². The number of sulfonamides is 1. The van der Waals surface area contributed by atoms with E-state index in [1.165, 1.54) is 26.4 Å². The van der Waals surface area contributed by atoms with E-state index in [0.29, 0.717) is 6.07 Å². The summed E-state index contributed by atoms with van der Waals surface area (Å²) in [5, 5.41) is 2.22. The number of halogens is 3. The van der Waals surface area contributed by atoms with Gasteiger partial charge in [-0.2, -0.15) is 13.2 Å². The number of benzene rings is 2. The normalized spacial score (nSPS) is 11.6. The van der Waals surface area contributed by atoms with Crippen molar-refractivity contribution in [2.75, 3.05) is 24.3 Å². The Morgan fingerprint density at radius 2 is 1.71 bits per heavy atom. The summed E-state index contributed by atoms with van der Waals surface area (Å²) >= 11 is 0. The molecule has 0 aliphatic carbocycles. The molecule has 0 aromatic heterocycles. The van der Waals surface area contributed by atoms with E-state index in [9.17, 15) is 26.4 Å². The minimum absolute atomic E-state index is 0.0725. The zero-order chi connectivity index (χ0) is 21.1. The van der Waals surface area contributed by atoms with Crippen LogP contribution in [0.1, 0.15) is 12.5 Å². The maximum Gasteiger partial charge on any atom is 0.418 e. The molecule has 2 N–H and O–H groups in total. The molecule has 2 aromatic carbocycles. The maximum atomic E-state index is 13.4. The Balaban J connectivity index is 2.53. The van der Waals surface area contributed by atoms with Crippen molar-refractivity contribution in [1.29, 1.82) is 0 Å². The van der Waals surface area contributed by atoms with Gasteiger partial charge in [0.2, 0.25) is 5.91 Å². The summed E-state index contributed by atoms with van der Waals surface area (Å²) in [6.07, 6.45) is -4.87. The highest BCUT2D eigenvalue weighted by atomic mass is 32.2. The number of carbonyl (C=O) groups is 1. The molecule has 0 aliphatic heterocycles. The van der Waals surface area contributed by atoms with E-state index >= 15 is 0 Å². The standard InChI is InChI=1S/C17H17F3N2O5S/c1-10(23)21-11-4-6-14(13(8-11)17(18,19)20)22-28(24,25)16-9-12(26-2)5-7-15(16)27-3/h4-9,22H,1-3H3,(H,21,23). The first kappa shape index (κ1) is 21.4. The molecular weight excluding hydrogens is 401 g/mol. The van der Waals surface area contributed by atoms with Crippen LogP contribution < -0.4 is 19.5 Å². The summed E-state index contributed by atoms with van der Waals surface area (Å²) < 4.78 is 77.5. The first-order valence-electron chi connectivity index (χ1n) is 7.71. The number of alkyl halides is 3. The molecule has 0 saturated carbocycles. The molecule has 152 valence electrons. The number of methoxy groups -OCH3 is 2. The fourth-order valence-corrected chi connectivity index (χ4v) is 3.61. The van der Waals surface area contributed by atoms with Gasteiger partial charge in [0.15, 0.2) is 0 Å². The lowest BCUT2D eigenvalue weighted by Crippen LogP contribution is -2.18. The van der Waals surface area contributed by atoms with Crippen LogP contribution >= 0.6 is 0 Å². The summed E-state index contributed by atoms with van der Waals surface area (Å²) in [6, 6.07) is 6.59. The van der Waals surface area contributed by atoms with Gasteiger partial charge in [-0.1, -0.05) is 0 Å². The van der Waals surface area contributed by atoms with Crippen molar-refractivity contribution in [3.05, 3.63) is 42.0 Å². The molecule has 0 aliphatic rings. The van der Waals surface area contributed by atoms with Crippen molar-refractivity contribution < 1.29 is 35.9 Å². The Kier molecular flexibility index (Phi) is 6.07. The third-order valence-corrected chi connectivity index (χ3v) is 4.94. The van der Waals surface area contributed by atoms with E-state index in [2.05, 4.69) is 5.32 Å². The Morgan fingerprint density at radius 1 is 1.04 bits per heavy atom. The smallest absolute Gasteiger partial charge is 0.418 e. The molecule has 1 amide bonds. The molecule has 0 radical (unpaired) electrons. The van der Waals surface area contributed by atoms with Gasteiger partial charge < -0.3 is 14.8 Å². The zero-order valence-corrected chi connectivity index (χ0v) is 15.9. The molecule has 0 saturated heterocycles. The van der Waals surface area contributed by atoms with Gasteiger partial charge >= 0.3 is 6.18 Å². The molecule has 0 bridgehead atoms. The summed E-state index contributed by atoms with van der Waals surface area (Å²) in [5.74, 6) is -0.461. The largest absolute Gasteiger partial charge is 0.497 e. The number of nitrogens with one attached hydrogen (secondary N) is 2. The average Bonchev–Trinajstić information content (AvgIpc) is 2.60. The number of amides is 1. The van der Waals surface area contributed by atoms with Crippen LogP contribution in [0.3, 0.4) is 0 Å². The van der Waals surface area contributed by atoms with E-state index in [0.717, 1.165) is 25.1 Å². The number of carbonyl (C=O) groups excluding carboxylic acids is 1. The fourth-order valence-electron chi connectivity index (χ4n) is 2.34. The van der Waals surface area contributed by atoms with Crippen LogP contribution in [-0.2, 0) is 21.0 Å². The van der Waals surface area contributed by atoms with Gasteiger partial charge in [-0.3, -0.25) is 9.52 Å². The second-order valence-corrected chi connectivity index (χ2v) is 7.21. The SMILES string of the molecule is COc1ccc(OC)c(S(=O)(=O)Nc2ccc(NC(C)=O)cc2C(F)(F)F)c1. The van der Waals surface area contributed by atoms with E-state index in [4.69, 9.17) is 9.47 Å². The predicted octanol–water partition coefficient (Wildman–Crippen LogP) is 3.48. The fraction of sp³-hybridized carbons (Fsp3) is 0.235. The molecule has 11 heteroatoms. The predicted molar refractivity (Wildman–Crippen MR) is 96.1 cm³/mol. The lowest BCUT2D eigenvalue weighted by molar-refractivity contribution is -0.136. The molecule has 0 fully saturated rings. The quantitative estimate of drug-likeness (QED) is 0.749. The van der Waals surface area contributed by atoms with Gasteiger partial charge in [-0.25, -0.2) is 8.42 Å². The topological polar surface area (TPSA) is 93.7 Å². The third kappa shape index (κ3) is 4.85. The minimum atomic E-state index is -4.87. The van der Waals surface area contributed by atoms with Crippen LogP contribution in [-0.4, -0.2) is 28.5 Å². The molecule has 0 heterocycles. The van der Waals surface area contributed by atoms with Gasteiger partial charge in [-0.05, 0) is 30.3 Å². The van der Waals surface area contributed by atoms with Gasteiger partial charge in [0.25, 0.3) is 10.0 Å². The highest BCUT2D eigenvalue weighted by Gasteiger charge is 2.35. The lowest BCUT2D eigenvalue weighted by atomic mass is 10.1. The van der Waals surface area contributed by atoms with Gasteiger partial charge in [-0.15, -0.1) is 0 Å². The summed E-state index contributed by atoms with van der Waals surface area (Å²) in [5.41, 5.74) is -2.09. The van der Waals surface area contributed by atoms with Crippen molar-refractivity contribution in [1.82, 2.24) is 0 Å². The van der Waals surface area contributed by atoms with E-state index in [1.54, 1.807) is 0 Å². The van der Waals surface area contributed by atoms with Crippen molar-refractivity contribution in [3.63, 3.8) is 0 Å². The van der Waals surface area contributed by atoms with Crippen LogP contribution in [0.15, 0.2) is 41.3 Å². The molecule has 2 rings (SSSR count). The number of hydrogen-bond donors (Lipinski definition) is 2. The van der Waals surface area contributed by atoms with Crippen molar-refractivity contribution in [2.24, 2.45) is 0 Å². The second kappa shape index (κ2) is 7.97. The molecular formula is C17H17F3N2O5S. The maximum absolute atomic E-state index is 13.4. The van der Waals surface area contributed by atoms with Crippen molar-refractivity contribution in [2.45, 2.75) is 18.0 Å². The highest BCUT2D eigenvalue weighted by molar-refractivity contribution is 7.92. The second-order valence-electron chi connectivity index (χ2n) is 5.56. The van der Waals surface area contributed by atoms with Gasteiger partial charge in [0.1, 0.15) is 16.4 Å². The molecule has 28 heavy (non-hydrogen) atoms. The third-order valence-electron chi connectivity index (χ3n) is 3.55. The van der Waals surface area contributed by atoms with Gasteiger partial charge in [0.05, 0.1) is 25.5 Å². The Hall–Kier alpha value is -2.95. The monoisotopic (exact) mass is 418 g/mol. The zero-order valence-electron chi connectivity index (χ0n) is 15.0. The highest BCUT2D eigenvalue weighted by Crippen LogP contribution is 2.38. The Labute approximate surface area is 159 Å². The van der Waals surface area contributed by atoms with Crippen LogP contribution in [0.2, 0.25) is 0 Å². The van der Waals surface area contributed by atoms with Gasteiger partial charge in [0, 0.05) is 18.7 Å². The molecule has 0 spiro atoms. The van der Waals surface area contributed by atoms with E-state index in [1.807, 2.05) is 4.72 Å². The van der Waals surface area contributed by atoms with Crippen molar-refractivity contribution in [3.8, 4) is 11.5 Å². The Morgan fingerprint density at radius 3 is 2.25 bits per heavy atom. The average molecular weight is 418 g/mol. The number of rotatable bonds is 6. The van der Waals surface area contributed by atoms with Crippen LogP contribution in [0.25, 0.3) is 0 Å². The number of hydrogen-bond acceptors (Lipinski definition) is 5. The van der Waals surface area contributed by atoms with E-state index < -0.39 is 38.3 Å². The minimum Gasteiger partial charge on any atom is -0.497 e. The molecule has 0 atom stereocenters. The molecule has 2 aromatic rings. The summed E-state index contributed by atoms with van der Waals surface area (Å²) in [7, 11) is -1.91.